The highest BCUT2D eigenvalue weighted by Gasteiger charge is 2.57. The van der Waals surface area contributed by atoms with Crippen LogP contribution in [0.15, 0.2) is 24.5 Å². The summed E-state index contributed by atoms with van der Waals surface area (Å²) >= 11 is 0. The molecule has 3 aliphatic carbocycles. The number of hydrogen-bond donors (Lipinski definition) is 0. The van der Waals surface area contributed by atoms with Gasteiger partial charge in [0.1, 0.15) is 5.75 Å². The average molecular weight is 382 g/mol. The lowest BCUT2D eigenvalue weighted by molar-refractivity contribution is -0.0884. The summed E-state index contributed by atoms with van der Waals surface area (Å²) in [5.74, 6) is 4.17. The van der Waals surface area contributed by atoms with E-state index >= 15 is 0 Å². The second-order valence-electron chi connectivity index (χ2n) is 10.3. The molecule has 0 N–H and O–H groups in total. The van der Waals surface area contributed by atoms with Crippen LogP contribution >= 0.6 is 0 Å². The van der Waals surface area contributed by atoms with Crippen molar-refractivity contribution in [3.63, 3.8) is 0 Å². The summed E-state index contributed by atoms with van der Waals surface area (Å²) < 4.78 is 11.4. The maximum absolute atomic E-state index is 5.98. The molecule has 2 saturated carbocycles. The minimum Gasteiger partial charge on any atom is -0.495 e. The van der Waals surface area contributed by atoms with Gasteiger partial charge in [-0.1, -0.05) is 19.9 Å². The van der Waals surface area contributed by atoms with Crippen LogP contribution in [0.5, 0.6) is 5.75 Å². The third-order valence-electron chi connectivity index (χ3n) is 9.23. The molecule has 2 heterocycles. The molecule has 3 heteroatoms. The predicted molar refractivity (Wildman–Crippen MR) is 112 cm³/mol. The van der Waals surface area contributed by atoms with Gasteiger partial charge in [0.2, 0.25) is 0 Å². The standard InChI is InChI=1S/C25H35NO2/c1-24-10-4-12-28-16-18(24)5-6-20-22-8-7-21(25(22,2)11-9-23(20)24)17-13-19(27-3)15-26-14-17/h7,13-15,18,20,22-23H,4-6,8-12,16H2,1-3H3. The second-order valence-corrected chi connectivity index (χ2v) is 10.3. The van der Waals surface area contributed by atoms with Crippen molar-refractivity contribution >= 4 is 5.57 Å². The van der Waals surface area contributed by atoms with Crippen molar-refractivity contribution in [1.82, 2.24) is 4.98 Å². The molecule has 4 aliphatic rings. The summed E-state index contributed by atoms with van der Waals surface area (Å²) in [5.41, 5.74) is 3.57. The molecule has 1 saturated heterocycles. The molecular weight excluding hydrogens is 346 g/mol. The van der Waals surface area contributed by atoms with Gasteiger partial charge in [-0.25, -0.2) is 0 Å². The van der Waals surface area contributed by atoms with Gasteiger partial charge in [-0.15, -0.1) is 0 Å². The van der Waals surface area contributed by atoms with E-state index in [9.17, 15) is 0 Å². The van der Waals surface area contributed by atoms with E-state index in [0.717, 1.165) is 42.6 Å². The molecule has 1 aromatic heterocycles. The van der Waals surface area contributed by atoms with Crippen molar-refractivity contribution in [1.29, 1.82) is 0 Å². The predicted octanol–water partition coefficient (Wildman–Crippen LogP) is 5.75. The first-order chi connectivity index (χ1) is 13.6. The Morgan fingerprint density at radius 2 is 2.00 bits per heavy atom. The molecule has 3 nitrogen and oxygen atoms in total. The fraction of sp³-hybridized carbons (Fsp3) is 0.720. The quantitative estimate of drug-likeness (QED) is 0.653. The lowest BCUT2D eigenvalue weighted by atomic mass is 9.46. The third-order valence-corrected chi connectivity index (χ3v) is 9.23. The van der Waals surface area contributed by atoms with E-state index < -0.39 is 0 Å². The van der Waals surface area contributed by atoms with Crippen molar-refractivity contribution in [3.8, 4) is 5.75 Å². The highest BCUT2D eigenvalue weighted by atomic mass is 16.5. The SMILES string of the molecule is COc1cncc(C2=CCC3C4CCC5COCCCC5(C)C4CCC23C)c1. The van der Waals surface area contributed by atoms with E-state index in [-0.39, 0.29) is 0 Å². The van der Waals surface area contributed by atoms with Crippen LogP contribution in [0.25, 0.3) is 5.57 Å². The maximum atomic E-state index is 5.98. The van der Waals surface area contributed by atoms with Gasteiger partial charge in [0.05, 0.1) is 13.3 Å². The zero-order valence-corrected chi connectivity index (χ0v) is 17.7. The van der Waals surface area contributed by atoms with Crippen LogP contribution in [0.4, 0.5) is 0 Å². The molecule has 1 aliphatic heterocycles. The molecule has 0 aromatic carbocycles. The van der Waals surface area contributed by atoms with E-state index in [4.69, 9.17) is 9.47 Å². The Balaban J connectivity index is 1.44. The van der Waals surface area contributed by atoms with Crippen LogP contribution in [0.1, 0.15) is 64.4 Å². The largest absolute Gasteiger partial charge is 0.495 e. The molecule has 6 unspecified atom stereocenters. The summed E-state index contributed by atoms with van der Waals surface area (Å²) in [4.78, 5) is 4.45. The van der Waals surface area contributed by atoms with Crippen molar-refractivity contribution in [2.24, 2.45) is 34.5 Å². The Morgan fingerprint density at radius 3 is 2.86 bits per heavy atom. The van der Waals surface area contributed by atoms with E-state index in [1.807, 2.05) is 12.4 Å². The highest BCUT2D eigenvalue weighted by Crippen LogP contribution is 2.66. The van der Waals surface area contributed by atoms with E-state index in [1.54, 1.807) is 7.11 Å². The van der Waals surface area contributed by atoms with Crippen molar-refractivity contribution in [3.05, 3.63) is 30.1 Å². The van der Waals surface area contributed by atoms with Gasteiger partial charge in [0.25, 0.3) is 0 Å². The number of ether oxygens (including phenoxy) is 2. The monoisotopic (exact) mass is 381 g/mol. The number of aromatic nitrogens is 1. The van der Waals surface area contributed by atoms with Crippen LogP contribution in [0.3, 0.4) is 0 Å². The second kappa shape index (κ2) is 6.86. The van der Waals surface area contributed by atoms with Gasteiger partial charge in [-0.2, -0.15) is 0 Å². The Kier molecular flexibility index (Phi) is 4.58. The van der Waals surface area contributed by atoms with Gasteiger partial charge in [-0.3, -0.25) is 4.98 Å². The smallest absolute Gasteiger partial charge is 0.137 e. The zero-order valence-electron chi connectivity index (χ0n) is 17.7. The fourth-order valence-electron chi connectivity index (χ4n) is 7.67. The maximum Gasteiger partial charge on any atom is 0.137 e. The summed E-state index contributed by atoms with van der Waals surface area (Å²) in [7, 11) is 1.73. The Hall–Kier alpha value is -1.35. The molecule has 3 fully saturated rings. The minimum atomic E-state index is 0.291. The van der Waals surface area contributed by atoms with Crippen LogP contribution in [-0.2, 0) is 4.74 Å². The molecule has 6 atom stereocenters. The number of pyridine rings is 1. The van der Waals surface area contributed by atoms with Gasteiger partial charge in [0.15, 0.2) is 0 Å². The Morgan fingerprint density at radius 1 is 1.11 bits per heavy atom. The number of nitrogens with zero attached hydrogens (tertiary/aromatic N) is 1. The molecule has 5 rings (SSSR count). The molecule has 0 amide bonds. The molecule has 152 valence electrons. The molecule has 0 spiro atoms. The Bertz CT molecular complexity index is 774. The van der Waals surface area contributed by atoms with Crippen LogP contribution in [-0.4, -0.2) is 25.3 Å². The molecule has 0 bridgehead atoms. The average Bonchev–Trinajstić information content (AvgIpc) is 2.94. The van der Waals surface area contributed by atoms with Crippen molar-refractivity contribution in [2.75, 3.05) is 20.3 Å². The summed E-state index contributed by atoms with van der Waals surface area (Å²) in [6.07, 6.45) is 15.7. The van der Waals surface area contributed by atoms with Crippen LogP contribution < -0.4 is 4.74 Å². The van der Waals surface area contributed by atoms with E-state index in [1.165, 1.54) is 56.1 Å². The molecule has 1 aromatic rings. The molecule has 28 heavy (non-hydrogen) atoms. The molecule has 0 radical (unpaired) electrons. The number of rotatable bonds is 2. The fourth-order valence-corrected chi connectivity index (χ4v) is 7.67. The normalized spacial score (nSPS) is 42.6. The number of hydrogen-bond acceptors (Lipinski definition) is 3. The lowest BCUT2D eigenvalue weighted by Crippen LogP contribution is -2.51. The third kappa shape index (κ3) is 2.69. The number of fused-ring (bicyclic) bond motifs is 5. The van der Waals surface area contributed by atoms with Gasteiger partial charge in [0, 0.05) is 19.4 Å². The van der Waals surface area contributed by atoms with Crippen LogP contribution in [0.2, 0.25) is 0 Å². The summed E-state index contributed by atoms with van der Waals surface area (Å²) in [6, 6.07) is 2.18. The summed E-state index contributed by atoms with van der Waals surface area (Å²) in [5, 5.41) is 0. The zero-order chi connectivity index (χ0) is 19.4. The Labute approximate surface area is 169 Å². The van der Waals surface area contributed by atoms with Gasteiger partial charge < -0.3 is 9.47 Å². The van der Waals surface area contributed by atoms with Crippen molar-refractivity contribution in [2.45, 2.75) is 58.8 Å². The first kappa shape index (κ1) is 18.7. The molecular formula is C25H35NO2. The van der Waals surface area contributed by atoms with Gasteiger partial charge in [-0.05, 0) is 96.7 Å². The van der Waals surface area contributed by atoms with Crippen molar-refractivity contribution < 1.29 is 9.47 Å². The summed E-state index contributed by atoms with van der Waals surface area (Å²) in [6.45, 7) is 7.12. The first-order valence-corrected chi connectivity index (χ1v) is 11.3. The lowest BCUT2D eigenvalue weighted by Gasteiger charge is -2.58. The van der Waals surface area contributed by atoms with Crippen LogP contribution in [0, 0.1) is 34.5 Å². The minimum absolute atomic E-state index is 0.291. The number of methoxy groups -OCH3 is 1. The van der Waals surface area contributed by atoms with E-state index in [0.29, 0.717) is 10.8 Å². The van der Waals surface area contributed by atoms with E-state index in [2.05, 4.69) is 31.0 Å². The topological polar surface area (TPSA) is 31.4 Å². The van der Waals surface area contributed by atoms with Gasteiger partial charge >= 0.3 is 0 Å². The number of allylic oxidation sites excluding steroid dienone is 2. The first-order valence-electron chi connectivity index (χ1n) is 11.3. The highest BCUT2D eigenvalue weighted by molar-refractivity contribution is 5.73.